The molecule has 0 saturated carbocycles. The highest BCUT2D eigenvalue weighted by molar-refractivity contribution is 6.04. The second-order valence-electron chi connectivity index (χ2n) is 7.39. The zero-order valence-electron chi connectivity index (χ0n) is 18.0. The minimum absolute atomic E-state index is 0.0192. The number of halogens is 3. The van der Waals surface area contributed by atoms with E-state index in [-0.39, 0.29) is 27.8 Å². The lowest BCUT2D eigenvalue weighted by atomic mass is 9.93. The van der Waals surface area contributed by atoms with Gasteiger partial charge >= 0.3 is 12.1 Å². The summed E-state index contributed by atoms with van der Waals surface area (Å²) < 4.78 is 52.1. The summed E-state index contributed by atoms with van der Waals surface area (Å²) in [6.07, 6.45) is -3.18. The molecule has 4 aromatic rings. The van der Waals surface area contributed by atoms with Gasteiger partial charge in [0.1, 0.15) is 11.5 Å². The highest BCUT2D eigenvalue weighted by atomic mass is 19.4. The van der Waals surface area contributed by atoms with Crippen LogP contribution < -0.4 is 15.0 Å². The monoisotopic (exact) mass is 469 g/mol. The fraction of sp³-hybridized carbons (Fsp3) is 0.120. The number of hydrogen-bond acceptors (Lipinski definition) is 4. The second-order valence-corrected chi connectivity index (χ2v) is 7.39. The van der Waals surface area contributed by atoms with Gasteiger partial charge in [0.25, 0.3) is 5.56 Å². The normalized spacial score (nSPS) is 11.4. The number of aromatic nitrogens is 1. The van der Waals surface area contributed by atoms with Crippen LogP contribution in [0.3, 0.4) is 0 Å². The summed E-state index contributed by atoms with van der Waals surface area (Å²) in [4.78, 5) is 25.4. The van der Waals surface area contributed by atoms with Crippen molar-refractivity contribution < 1.29 is 32.5 Å². The molecular weight excluding hydrogens is 451 g/mol. The number of fused-ring (bicyclic) bond motifs is 1. The van der Waals surface area contributed by atoms with Crippen LogP contribution in [-0.2, 0) is 6.18 Å². The molecule has 6 nitrogen and oxygen atoms in total. The first-order valence-electron chi connectivity index (χ1n) is 9.97. The van der Waals surface area contributed by atoms with E-state index in [0.29, 0.717) is 22.9 Å². The molecular formula is C25H18F3NO5. The standard InChI is InChI=1S/C25H18F3NO5/c1-33-17-6-4-16(5-7-17)29-10-9-14-11-18(34-2)13-21(22(14)23(29)30)20-12-15(25(26,27)28)3-8-19(20)24(31)32/h3-13H,1-2H3,(H,31,32). The van der Waals surface area contributed by atoms with E-state index in [0.717, 1.165) is 12.1 Å². The summed E-state index contributed by atoms with van der Waals surface area (Å²) in [6, 6.07) is 13.5. The molecule has 34 heavy (non-hydrogen) atoms. The van der Waals surface area contributed by atoms with E-state index in [1.807, 2.05) is 0 Å². The molecule has 174 valence electrons. The van der Waals surface area contributed by atoms with Crippen LogP contribution in [0.4, 0.5) is 13.2 Å². The minimum Gasteiger partial charge on any atom is -0.497 e. The molecule has 4 rings (SSSR count). The molecule has 0 spiro atoms. The number of alkyl halides is 3. The van der Waals surface area contributed by atoms with E-state index in [2.05, 4.69) is 0 Å². The van der Waals surface area contributed by atoms with Crippen molar-refractivity contribution in [3.63, 3.8) is 0 Å². The van der Waals surface area contributed by atoms with Gasteiger partial charge in [0.05, 0.1) is 30.7 Å². The maximum atomic E-state index is 13.6. The number of nitrogens with zero attached hydrogens (tertiary/aromatic N) is 1. The van der Waals surface area contributed by atoms with Crippen molar-refractivity contribution >= 4 is 16.7 Å². The highest BCUT2D eigenvalue weighted by Gasteiger charge is 2.32. The predicted octanol–water partition coefficient (Wildman–Crippen LogP) is 5.39. The Balaban J connectivity index is 2.08. The van der Waals surface area contributed by atoms with Crippen LogP contribution in [0.2, 0.25) is 0 Å². The lowest BCUT2D eigenvalue weighted by Crippen LogP contribution is -2.18. The lowest BCUT2D eigenvalue weighted by molar-refractivity contribution is -0.137. The van der Waals surface area contributed by atoms with Gasteiger partial charge in [0, 0.05) is 11.9 Å². The van der Waals surface area contributed by atoms with Gasteiger partial charge in [-0.15, -0.1) is 0 Å². The van der Waals surface area contributed by atoms with Gasteiger partial charge in [-0.2, -0.15) is 13.2 Å². The number of hydrogen-bond donors (Lipinski definition) is 1. The first kappa shape index (κ1) is 22.9. The number of carbonyl (C=O) groups is 1. The Morgan fingerprint density at radius 1 is 0.882 bits per heavy atom. The van der Waals surface area contributed by atoms with E-state index in [1.165, 1.54) is 31.0 Å². The summed E-state index contributed by atoms with van der Waals surface area (Å²) in [5, 5.41) is 10.1. The number of ether oxygens (including phenoxy) is 2. The Labute approximate surface area is 191 Å². The minimum atomic E-state index is -4.70. The van der Waals surface area contributed by atoms with Crippen molar-refractivity contribution in [2.45, 2.75) is 6.18 Å². The van der Waals surface area contributed by atoms with Gasteiger partial charge in [-0.1, -0.05) is 0 Å². The van der Waals surface area contributed by atoms with E-state index >= 15 is 0 Å². The van der Waals surface area contributed by atoms with Crippen LogP contribution in [0.15, 0.2) is 71.7 Å². The van der Waals surface area contributed by atoms with Crippen molar-refractivity contribution in [3.05, 3.63) is 88.3 Å². The lowest BCUT2D eigenvalue weighted by Gasteiger charge is -2.16. The van der Waals surface area contributed by atoms with Crippen molar-refractivity contribution in [1.29, 1.82) is 0 Å². The average Bonchev–Trinajstić information content (AvgIpc) is 2.82. The van der Waals surface area contributed by atoms with Crippen LogP contribution in [-0.4, -0.2) is 29.9 Å². The first-order chi connectivity index (χ1) is 16.1. The Morgan fingerprint density at radius 2 is 1.56 bits per heavy atom. The van der Waals surface area contributed by atoms with Gasteiger partial charge in [-0.05, 0) is 77.2 Å². The second kappa shape index (κ2) is 8.58. The van der Waals surface area contributed by atoms with Crippen LogP contribution in [0.25, 0.3) is 27.6 Å². The first-order valence-corrected chi connectivity index (χ1v) is 9.97. The molecule has 0 aliphatic carbocycles. The van der Waals surface area contributed by atoms with Crippen molar-refractivity contribution in [1.82, 2.24) is 4.57 Å². The van der Waals surface area contributed by atoms with E-state index in [9.17, 15) is 27.9 Å². The van der Waals surface area contributed by atoms with E-state index in [1.54, 1.807) is 36.4 Å². The van der Waals surface area contributed by atoms with Crippen LogP contribution in [0.5, 0.6) is 11.5 Å². The SMILES string of the molecule is COc1ccc(-n2ccc3cc(OC)cc(-c4cc(C(F)(F)F)ccc4C(=O)O)c3c2=O)cc1. The molecule has 0 amide bonds. The molecule has 0 atom stereocenters. The maximum Gasteiger partial charge on any atom is 0.416 e. The fourth-order valence-electron chi connectivity index (χ4n) is 3.76. The molecule has 0 radical (unpaired) electrons. The third-order valence-corrected chi connectivity index (χ3v) is 5.43. The summed E-state index contributed by atoms with van der Waals surface area (Å²) in [6.45, 7) is 0. The van der Waals surface area contributed by atoms with Gasteiger partial charge in [0.15, 0.2) is 0 Å². The van der Waals surface area contributed by atoms with Gasteiger partial charge in [-0.25, -0.2) is 4.79 Å². The smallest absolute Gasteiger partial charge is 0.416 e. The average molecular weight is 469 g/mol. The molecule has 0 aliphatic heterocycles. The van der Waals surface area contributed by atoms with Crippen molar-refractivity contribution in [3.8, 4) is 28.3 Å². The van der Waals surface area contributed by atoms with Gasteiger partial charge in [0.2, 0.25) is 0 Å². The largest absolute Gasteiger partial charge is 0.497 e. The Kier molecular flexibility index (Phi) is 5.78. The molecule has 0 fully saturated rings. The van der Waals surface area contributed by atoms with Gasteiger partial charge in [-0.3, -0.25) is 9.36 Å². The Bertz CT molecular complexity index is 1460. The highest BCUT2D eigenvalue weighted by Crippen LogP contribution is 2.38. The zero-order chi connectivity index (χ0) is 24.6. The summed E-state index contributed by atoms with van der Waals surface area (Å²) in [5.41, 5.74) is -1.66. The number of carboxylic acids is 1. The molecule has 0 unspecified atom stereocenters. The molecule has 1 aromatic heterocycles. The summed E-state index contributed by atoms with van der Waals surface area (Å²) >= 11 is 0. The van der Waals surface area contributed by atoms with Crippen molar-refractivity contribution in [2.75, 3.05) is 14.2 Å². The van der Waals surface area contributed by atoms with E-state index in [4.69, 9.17) is 9.47 Å². The maximum absolute atomic E-state index is 13.6. The van der Waals surface area contributed by atoms with Crippen LogP contribution in [0, 0.1) is 0 Å². The summed E-state index contributed by atoms with van der Waals surface area (Å²) in [7, 11) is 2.87. The van der Waals surface area contributed by atoms with Gasteiger partial charge < -0.3 is 14.6 Å². The number of methoxy groups -OCH3 is 2. The van der Waals surface area contributed by atoms with Crippen molar-refractivity contribution in [2.24, 2.45) is 0 Å². The number of aromatic carboxylic acids is 1. The van der Waals surface area contributed by atoms with Crippen LogP contribution in [0.1, 0.15) is 15.9 Å². The quantitative estimate of drug-likeness (QED) is 0.424. The number of pyridine rings is 1. The third-order valence-electron chi connectivity index (χ3n) is 5.43. The molecule has 0 aliphatic rings. The summed E-state index contributed by atoms with van der Waals surface area (Å²) in [5.74, 6) is -0.581. The Morgan fingerprint density at radius 3 is 2.15 bits per heavy atom. The Hall–Kier alpha value is -4.27. The molecule has 3 aromatic carbocycles. The molecule has 0 bridgehead atoms. The molecule has 0 saturated heterocycles. The zero-order valence-corrected chi connectivity index (χ0v) is 18.0. The molecule has 9 heteroatoms. The molecule has 1 N–H and O–H groups in total. The number of rotatable bonds is 5. The number of carboxylic acid groups (broad SMARTS) is 1. The third kappa shape index (κ3) is 4.07. The predicted molar refractivity (Wildman–Crippen MR) is 120 cm³/mol. The topological polar surface area (TPSA) is 77.8 Å². The van der Waals surface area contributed by atoms with Crippen LogP contribution >= 0.6 is 0 Å². The fourth-order valence-corrected chi connectivity index (χ4v) is 3.76. The number of benzene rings is 3. The van der Waals surface area contributed by atoms with E-state index < -0.39 is 23.3 Å². The molecule has 1 heterocycles.